The molecule has 0 unspecified atom stereocenters. The first-order valence-electron chi connectivity index (χ1n) is 5.73. The van der Waals surface area contributed by atoms with Crippen LogP contribution in [0.2, 0.25) is 4.34 Å². The van der Waals surface area contributed by atoms with Crippen LogP contribution in [0, 0.1) is 11.8 Å². The first-order chi connectivity index (χ1) is 9.10. The Morgan fingerprint density at radius 3 is 2.79 bits per heavy atom. The molecule has 0 atom stereocenters. The monoisotopic (exact) mass is 290 g/mol. The SMILES string of the molecule is CCc1cc(C#Cc2cccc(C(=O)O)c2)c(Cl)s1. The Hall–Kier alpha value is -1.76. The van der Waals surface area contributed by atoms with Crippen LogP contribution in [0.25, 0.3) is 0 Å². The molecule has 1 aromatic heterocycles. The molecule has 19 heavy (non-hydrogen) atoms. The fraction of sp³-hybridized carbons (Fsp3) is 0.133. The van der Waals surface area contributed by atoms with Gasteiger partial charge in [0.2, 0.25) is 0 Å². The fourth-order valence-electron chi connectivity index (χ4n) is 1.55. The molecule has 0 saturated carbocycles. The first-order valence-corrected chi connectivity index (χ1v) is 6.93. The van der Waals surface area contributed by atoms with Gasteiger partial charge < -0.3 is 5.11 Å². The van der Waals surface area contributed by atoms with Crippen LogP contribution in [0.1, 0.15) is 33.3 Å². The second-order valence-corrected chi connectivity index (χ2v) is 5.63. The van der Waals surface area contributed by atoms with E-state index in [2.05, 4.69) is 18.8 Å². The van der Waals surface area contributed by atoms with Crippen molar-refractivity contribution < 1.29 is 9.90 Å². The molecule has 0 aliphatic rings. The normalized spacial score (nSPS) is 9.79. The molecule has 2 nitrogen and oxygen atoms in total. The molecule has 0 bridgehead atoms. The molecule has 0 aliphatic heterocycles. The van der Waals surface area contributed by atoms with E-state index in [-0.39, 0.29) is 5.56 Å². The largest absolute Gasteiger partial charge is 0.478 e. The molecule has 0 fully saturated rings. The van der Waals surface area contributed by atoms with Gasteiger partial charge in [-0.05, 0) is 30.7 Å². The van der Waals surface area contributed by atoms with Crippen LogP contribution >= 0.6 is 22.9 Å². The van der Waals surface area contributed by atoms with Crippen molar-refractivity contribution in [3.05, 3.63) is 56.2 Å². The third kappa shape index (κ3) is 3.37. The zero-order valence-corrected chi connectivity index (χ0v) is 11.8. The molecule has 2 aromatic rings. The summed E-state index contributed by atoms with van der Waals surface area (Å²) in [6.45, 7) is 2.07. The molecule has 1 heterocycles. The molecule has 96 valence electrons. The van der Waals surface area contributed by atoms with Gasteiger partial charge in [-0.25, -0.2) is 4.79 Å². The number of aryl methyl sites for hydroxylation is 1. The van der Waals surface area contributed by atoms with E-state index in [1.807, 2.05) is 6.07 Å². The minimum atomic E-state index is -0.953. The highest BCUT2D eigenvalue weighted by molar-refractivity contribution is 7.16. The number of rotatable bonds is 2. The van der Waals surface area contributed by atoms with E-state index in [4.69, 9.17) is 16.7 Å². The molecular formula is C15H11ClO2S. The van der Waals surface area contributed by atoms with Crippen molar-refractivity contribution in [3.8, 4) is 11.8 Å². The summed E-state index contributed by atoms with van der Waals surface area (Å²) in [4.78, 5) is 12.0. The second kappa shape index (κ2) is 5.92. The molecule has 0 saturated heterocycles. The minimum absolute atomic E-state index is 0.234. The zero-order chi connectivity index (χ0) is 13.8. The molecule has 1 aromatic carbocycles. The maximum Gasteiger partial charge on any atom is 0.335 e. The van der Waals surface area contributed by atoms with Gasteiger partial charge in [-0.15, -0.1) is 11.3 Å². The van der Waals surface area contributed by atoms with Gasteiger partial charge in [-0.1, -0.05) is 36.4 Å². The molecule has 4 heteroatoms. The van der Waals surface area contributed by atoms with Crippen molar-refractivity contribution in [1.29, 1.82) is 0 Å². The Bertz CT molecular complexity index is 677. The third-order valence-electron chi connectivity index (χ3n) is 2.54. The average molecular weight is 291 g/mol. The predicted molar refractivity (Wildman–Crippen MR) is 78.1 cm³/mol. The summed E-state index contributed by atoms with van der Waals surface area (Å²) in [5, 5.41) is 8.91. The summed E-state index contributed by atoms with van der Waals surface area (Å²) in [5.41, 5.74) is 1.70. The summed E-state index contributed by atoms with van der Waals surface area (Å²) in [6, 6.07) is 8.53. The predicted octanol–water partition coefficient (Wildman–Crippen LogP) is 4.06. The van der Waals surface area contributed by atoms with Crippen LogP contribution in [0.3, 0.4) is 0 Å². The Balaban J connectivity index is 2.30. The summed E-state index contributed by atoms with van der Waals surface area (Å²) in [6.07, 6.45) is 0.931. The average Bonchev–Trinajstić information content (AvgIpc) is 2.77. The number of aromatic carboxylic acids is 1. The quantitative estimate of drug-likeness (QED) is 0.847. The molecule has 0 radical (unpaired) electrons. The molecule has 0 amide bonds. The molecule has 1 N–H and O–H groups in total. The van der Waals surface area contributed by atoms with Gasteiger partial charge in [0.25, 0.3) is 0 Å². The van der Waals surface area contributed by atoms with Crippen molar-refractivity contribution >= 4 is 28.9 Å². The number of benzene rings is 1. The summed E-state index contributed by atoms with van der Waals surface area (Å²) >= 11 is 7.62. The van der Waals surface area contributed by atoms with Gasteiger partial charge in [-0.3, -0.25) is 0 Å². The number of carbonyl (C=O) groups is 1. The van der Waals surface area contributed by atoms with E-state index in [9.17, 15) is 4.79 Å². The number of hydrogen-bond acceptors (Lipinski definition) is 2. The van der Waals surface area contributed by atoms with Crippen LogP contribution in [0.15, 0.2) is 30.3 Å². The van der Waals surface area contributed by atoms with Crippen LogP contribution < -0.4 is 0 Å². The van der Waals surface area contributed by atoms with Gasteiger partial charge in [0.15, 0.2) is 0 Å². The lowest BCUT2D eigenvalue weighted by molar-refractivity contribution is 0.0697. The van der Waals surface area contributed by atoms with Crippen LogP contribution in [-0.2, 0) is 6.42 Å². The Labute approximate surface area is 120 Å². The highest BCUT2D eigenvalue weighted by atomic mass is 35.5. The summed E-state index contributed by atoms with van der Waals surface area (Å²) < 4.78 is 0.679. The Morgan fingerprint density at radius 1 is 1.37 bits per heavy atom. The van der Waals surface area contributed by atoms with E-state index < -0.39 is 5.97 Å². The number of hydrogen-bond donors (Lipinski definition) is 1. The molecule has 0 spiro atoms. The second-order valence-electron chi connectivity index (χ2n) is 3.89. The van der Waals surface area contributed by atoms with E-state index in [0.29, 0.717) is 9.90 Å². The Morgan fingerprint density at radius 2 is 2.16 bits per heavy atom. The van der Waals surface area contributed by atoms with Crippen molar-refractivity contribution in [3.63, 3.8) is 0 Å². The van der Waals surface area contributed by atoms with Gasteiger partial charge in [0.1, 0.15) is 4.34 Å². The lowest BCUT2D eigenvalue weighted by Gasteiger charge is -1.94. The van der Waals surface area contributed by atoms with Crippen molar-refractivity contribution in [2.45, 2.75) is 13.3 Å². The number of halogens is 1. The minimum Gasteiger partial charge on any atom is -0.478 e. The summed E-state index contributed by atoms with van der Waals surface area (Å²) in [5.74, 6) is 4.98. The van der Waals surface area contributed by atoms with E-state index in [0.717, 1.165) is 12.0 Å². The smallest absolute Gasteiger partial charge is 0.335 e. The third-order valence-corrected chi connectivity index (χ3v) is 4.04. The van der Waals surface area contributed by atoms with Crippen LogP contribution in [-0.4, -0.2) is 11.1 Å². The van der Waals surface area contributed by atoms with Crippen molar-refractivity contribution in [1.82, 2.24) is 0 Å². The number of carboxylic acid groups (broad SMARTS) is 1. The maximum atomic E-state index is 10.9. The highest BCUT2D eigenvalue weighted by Crippen LogP contribution is 2.27. The van der Waals surface area contributed by atoms with Gasteiger partial charge in [-0.2, -0.15) is 0 Å². The zero-order valence-electron chi connectivity index (χ0n) is 10.2. The lowest BCUT2D eigenvalue weighted by atomic mass is 10.1. The van der Waals surface area contributed by atoms with Gasteiger partial charge in [0.05, 0.1) is 11.1 Å². The molecular weight excluding hydrogens is 280 g/mol. The van der Waals surface area contributed by atoms with Gasteiger partial charge in [0, 0.05) is 10.4 Å². The fourth-order valence-corrected chi connectivity index (χ4v) is 2.72. The van der Waals surface area contributed by atoms with Crippen molar-refractivity contribution in [2.24, 2.45) is 0 Å². The molecule has 0 aliphatic carbocycles. The number of thiophene rings is 1. The maximum absolute atomic E-state index is 10.9. The topological polar surface area (TPSA) is 37.3 Å². The lowest BCUT2D eigenvalue weighted by Crippen LogP contribution is -1.95. The first kappa shape index (κ1) is 13.7. The summed E-state index contributed by atoms with van der Waals surface area (Å²) in [7, 11) is 0. The molecule has 2 rings (SSSR count). The highest BCUT2D eigenvalue weighted by Gasteiger charge is 2.04. The standard InChI is InChI=1S/C15H11ClO2S/c1-2-13-9-11(14(16)19-13)7-6-10-4-3-5-12(8-10)15(17)18/h3-5,8-9H,2H2,1H3,(H,17,18). The Kier molecular flexibility index (Phi) is 4.26. The van der Waals surface area contributed by atoms with Crippen LogP contribution in [0.4, 0.5) is 0 Å². The van der Waals surface area contributed by atoms with E-state index in [1.165, 1.54) is 16.2 Å². The van der Waals surface area contributed by atoms with Gasteiger partial charge >= 0.3 is 5.97 Å². The number of carboxylic acids is 1. The van der Waals surface area contributed by atoms with Crippen molar-refractivity contribution in [2.75, 3.05) is 0 Å². The van der Waals surface area contributed by atoms with E-state index in [1.54, 1.807) is 24.3 Å². The van der Waals surface area contributed by atoms with Crippen LogP contribution in [0.5, 0.6) is 0 Å². The van der Waals surface area contributed by atoms with E-state index >= 15 is 0 Å².